The molecule has 108 valence electrons. The third-order valence-corrected chi connectivity index (χ3v) is 4.54. The molecule has 1 aliphatic carbocycles. The van der Waals surface area contributed by atoms with Gasteiger partial charge in [-0.25, -0.2) is 4.98 Å². The molecule has 1 N–H and O–H groups in total. The molecule has 2 aromatic carbocycles. The first-order chi connectivity index (χ1) is 10.9. The summed E-state index contributed by atoms with van der Waals surface area (Å²) < 4.78 is 0. The molecular formula is C18H15N3S. The Labute approximate surface area is 133 Å². The third kappa shape index (κ3) is 2.65. The molecule has 3 aromatic rings. The Morgan fingerprint density at radius 2 is 1.59 bits per heavy atom. The maximum absolute atomic E-state index is 4.59. The molecule has 1 heterocycles. The van der Waals surface area contributed by atoms with Crippen molar-refractivity contribution >= 4 is 22.2 Å². The van der Waals surface area contributed by atoms with Gasteiger partial charge in [0, 0.05) is 29.5 Å². The van der Waals surface area contributed by atoms with Crippen LogP contribution >= 0.6 is 11.3 Å². The third-order valence-electron chi connectivity index (χ3n) is 3.79. The highest BCUT2D eigenvalue weighted by molar-refractivity contribution is 7.14. The van der Waals surface area contributed by atoms with E-state index in [1.165, 1.54) is 11.1 Å². The van der Waals surface area contributed by atoms with Crippen LogP contribution in [0.4, 0.5) is 5.13 Å². The Kier molecular flexibility index (Phi) is 3.45. The van der Waals surface area contributed by atoms with Crippen LogP contribution in [-0.4, -0.2) is 10.7 Å². The van der Waals surface area contributed by atoms with Gasteiger partial charge in [0.1, 0.15) is 0 Å². The van der Waals surface area contributed by atoms with Crippen molar-refractivity contribution in [3.8, 4) is 11.3 Å². The molecule has 22 heavy (non-hydrogen) atoms. The van der Waals surface area contributed by atoms with Crippen molar-refractivity contribution in [2.75, 3.05) is 5.43 Å². The van der Waals surface area contributed by atoms with Gasteiger partial charge in [-0.2, -0.15) is 5.10 Å². The predicted octanol–water partition coefficient (Wildman–Crippen LogP) is 4.38. The minimum atomic E-state index is 0.835. The quantitative estimate of drug-likeness (QED) is 0.729. The lowest BCUT2D eigenvalue weighted by Crippen LogP contribution is -2.01. The minimum Gasteiger partial charge on any atom is -0.253 e. The van der Waals surface area contributed by atoms with Gasteiger partial charge in [0.25, 0.3) is 0 Å². The highest BCUT2D eigenvalue weighted by atomic mass is 32.1. The summed E-state index contributed by atoms with van der Waals surface area (Å²) in [7, 11) is 0. The molecule has 3 nitrogen and oxygen atoms in total. The summed E-state index contributed by atoms with van der Waals surface area (Å²) in [5.41, 5.74) is 9.16. The van der Waals surface area contributed by atoms with Gasteiger partial charge in [-0.15, -0.1) is 11.3 Å². The van der Waals surface area contributed by atoms with E-state index in [4.69, 9.17) is 0 Å². The van der Waals surface area contributed by atoms with Gasteiger partial charge in [0.15, 0.2) is 0 Å². The monoisotopic (exact) mass is 305 g/mol. The second-order valence-corrected chi connectivity index (χ2v) is 6.17. The van der Waals surface area contributed by atoms with Crippen LogP contribution in [-0.2, 0) is 12.8 Å². The average molecular weight is 305 g/mol. The van der Waals surface area contributed by atoms with Crippen molar-refractivity contribution in [2.24, 2.45) is 5.10 Å². The number of benzene rings is 2. The van der Waals surface area contributed by atoms with Gasteiger partial charge in [-0.1, -0.05) is 54.6 Å². The number of nitrogens with zero attached hydrogens (tertiary/aromatic N) is 2. The van der Waals surface area contributed by atoms with Crippen LogP contribution in [0.5, 0.6) is 0 Å². The van der Waals surface area contributed by atoms with Crippen molar-refractivity contribution in [1.82, 2.24) is 4.98 Å². The number of hydrogen-bond acceptors (Lipinski definition) is 4. The molecule has 0 fully saturated rings. The Morgan fingerprint density at radius 1 is 0.909 bits per heavy atom. The van der Waals surface area contributed by atoms with Gasteiger partial charge < -0.3 is 0 Å². The highest BCUT2D eigenvalue weighted by Gasteiger charge is 2.15. The Morgan fingerprint density at radius 3 is 2.32 bits per heavy atom. The van der Waals surface area contributed by atoms with E-state index >= 15 is 0 Å². The molecule has 0 atom stereocenters. The number of aromatic nitrogens is 1. The van der Waals surface area contributed by atoms with E-state index in [2.05, 4.69) is 57.3 Å². The molecule has 0 radical (unpaired) electrons. The van der Waals surface area contributed by atoms with E-state index in [0.29, 0.717) is 0 Å². The summed E-state index contributed by atoms with van der Waals surface area (Å²) in [6, 6.07) is 18.7. The highest BCUT2D eigenvalue weighted by Crippen LogP contribution is 2.25. The zero-order valence-electron chi connectivity index (χ0n) is 12.0. The lowest BCUT2D eigenvalue weighted by molar-refractivity contribution is 1.24. The van der Waals surface area contributed by atoms with Crippen LogP contribution < -0.4 is 5.43 Å². The average Bonchev–Trinajstić information content (AvgIpc) is 3.20. The second kappa shape index (κ2) is 5.73. The van der Waals surface area contributed by atoms with Crippen LogP contribution in [0.3, 0.4) is 0 Å². The molecule has 4 rings (SSSR count). The molecule has 0 aliphatic heterocycles. The first kappa shape index (κ1) is 13.2. The number of nitrogens with one attached hydrogen (secondary N) is 1. The molecule has 0 bridgehead atoms. The van der Waals surface area contributed by atoms with Crippen molar-refractivity contribution in [3.63, 3.8) is 0 Å². The summed E-state index contributed by atoms with van der Waals surface area (Å²) in [4.78, 5) is 4.59. The van der Waals surface area contributed by atoms with E-state index in [0.717, 1.165) is 34.9 Å². The largest absolute Gasteiger partial charge is 0.253 e. The lowest BCUT2D eigenvalue weighted by Gasteiger charge is -1.97. The molecule has 1 aliphatic rings. The summed E-state index contributed by atoms with van der Waals surface area (Å²) >= 11 is 1.58. The lowest BCUT2D eigenvalue weighted by atomic mass is 10.1. The maximum atomic E-state index is 4.59. The fourth-order valence-corrected chi connectivity index (χ4v) is 3.34. The fraction of sp³-hybridized carbons (Fsp3) is 0.111. The minimum absolute atomic E-state index is 0.835. The Balaban J connectivity index is 1.47. The summed E-state index contributed by atoms with van der Waals surface area (Å²) in [6.07, 6.45) is 1.86. The van der Waals surface area contributed by atoms with E-state index in [-0.39, 0.29) is 0 Å². The smallest absolute Gasteiger partial charge is 0.203 e. The molecule has 4 heteroatoms. The van der Waals surface area contributed by atoms with E-state index < -0.39 is 0 Å². The number of thiazole rings is 1. The molecule has 1 aromatic heterocycles. The fourth-order valence-electron chi connectivity index (χ4n) is 2.68. The number of hydrazone groups is 1. The molecule has 0 amide bonds. The number of hydrogen-bond donors (Lipinski definition) is 1. The van der Waals surface area contributed by atoms with Gasteiger partial charge in [0.05, 0.1) is 5.69 Å². The summed E-state index contributed by atoms with van der Waals surface area (Å²) in [5.74, 6) is 0. The zero-order valence-corrected chi connectivity index (χ0v) is 12.8. The van der Waals surface area contributed by atoms with Crippen LogP contribution in [0, 0.1) is 0 Å². The van der Waals surface area contributed by atoms with Crippen molar-refractivity contribution in [2.45, 2.75) is 12.8 Å². The Bertz CT molecular complexity index is 794. The van der Waals surface area contributed by atoms with Gasteiger partial charge >= 0.3 is 0 Å². The number of anilines is 1. The van der Waals surface area contributed by atoms with Gasteiger partial charge in [-0.05, 0) is 11.1 Å². The van der Waals surface area contributed by atoms with Crippen LogP contribution in [0.25, 0.3) is 11.3 Å². The van der Waals surface area contributed by atoms with E-state index in [9.17, 15) is 0 Å². The molecule has 0 saturated heterocycles. The maximum Gasteiger partial charge on any atom is 0.203 e. The molecule has 0 spiro atoms. The van der Waals surface area contributed by atoms with Gasteiger partial charge in [0.2, 0.25) is 5.13 Å². The Hall–Kier alpha value is -2.46. The number of rotatable bonds is 3. The standard InChI is InChI=1S/C18H15N3S/c1-2-6-13(7-3-1)17-12-22-18(19-17)21-20-16-10-14-8-4-5-9-15(14)11-16/h1-9,12H,10-11H2,(H,19,21). The summed E-state index contributed by atoms with van der Waals surface area (Å²) in [5, 5.41) is 7.42. The number of fused-ring (bicyclic) bond motifs is 1. The van der Waals surface area contributed by atoms with Crippen LogP contribution in [0.2, 0.25) is 0 Å². The topological polar surface area (TPSA) is 37.3 Å². The summed E-state index contributed by atoms with van der Waals surface area (Å²) in [6.45, 7) is 0. The van der Waals surface area contributed by atoms with E-state index in [1.807, 2.05) is 18.2 Å². The molecule has 0 saturated carbocycles. The van der Waals surface area contributed by atoms with Crippen molar-refractivity contribution in [1.29, 1.82) is 0 Å². The van der Waals surface area contributed by atoms with Crippen molar-refractivity contribution in [3.05, 3.63) is 71.1 Å². The molecular weight excluding hydrogens is 290 g/mol. The predicted molar refractivity (Wildman–Crippen MR) is 92.5 cm³/mol. The normalized spacial score (nSPS) is 13.0. The first-order valence-electron chi connectivity index (χ1n) is 7.28. The van der Waals surface area contributed by atoms with Gasteiger partial charge in [-0.3, -0.25) is 5.43 Å². The van der Waals surface area contributed by atoms with Crippen LogP contribution in [0.1, 0.15) is 11.1 Å². The SMILES string of the molecule is c1ccc(-c2csc(NN=C3Cc4ccccc4C3)n2)cc1. The van der Waals surface area contributed by atoms with Crippen LogP contribution in [0.15, 0.2) is 65.1 Å². The zero-order chi connectivity index (χ0) is 14.8. The first-order valence-corrected chi connectivity index (χ1v) is 8.15. The van der Waals surface area contributed by atoms with Crippen molar-refractivity contribution < 1.29 is 0 Å². The second-order valence-electron chi connectivity index (χ2n) is 5.32. The van der Waals surface area contributed by atoms with E-state index in [1.54, 1.807) is 11.3 Å². The molecule has 0 unspecified atom stereocenters.